The van der Waals surface area contributed by atoms with Crippen molar-refractivity contribution in [1.29, 1.82) is 0 Å². The molecule has 4 N–H and O–H groups in total. The van der Waals surface area contributed by atoms with E-state index in [9.17, 15) is 24.6 Å². The van der Waals surface area contributed by atoms with Crippen LogP contribution in [0.1, 0.15) is 27.7 Å². The van der Waals surface area contributed by atoms with Gasteiger partial charge in [0.1, 0.15) is 35.7 Å². The zero-order valence-corrected chi connectivity index (χ0v) is 24.6. The van der Waals surface area contributed by atoms with E-state index in [0.29, 0.717) is 16.7 Å². The summed E-state index contributed by atoms with van der Waals surface area (Å²) in [6, 6.07) is 9.04. The molecule has 2 unspecified atom stereocenters. The van der Waals surface area contributed by atoms with Gasteiger partial charge in [0.2, 0.25) is 0 Å². The lowest BCUT2D eigenvalue weighted by Gasteiger charge is -2.29. The Labute approximate surface area is 240 Å². The number of nitrogens with zero attached hydrogens (tertiary/aromatic N) is 2. The number of benzene rings is 1. The molecule has 0 saturated carbocycles. The second-order valence-corrected chi connectivity index (χ2v) is 13.3. The summed E-state index contributed by atoms with van der Waals surface area (Å²) in [5.74, 6) is -0.196. The second kappa shape index (κ2) is 12.5. The van der Waals surface area contributed by atoms with Crippen LogP contribution in [0.3, 0.4) is 0 Å². The van der Waals surface area contributed by atoms with Crippen LogP contribution in [0.2, 0.25) is 0 Å². The minimum atomic E-state index is -3.53. The van der Waals surface area contributed by atoms with Gasteiger partial charge in [0.05, 0.1) is 24.8 Å². The van der Waals surface area contributed by atoms with Crippen molar-refractivity contribution in [3.05, 3.63) is 69.6 Å². The number of aliphatic hydroxyl groups excluding tert-OH is 1. The van der Waals surface area contributed by atoms with Gasteiger partial charge in [-0.25, -0.2) is 9.88 Å². The van der Waals surface area contributed by atoms with Crippen LogP contribution in [0.5, 0.6) is 5.75 Å². The first-order chi connectivity index (χ1) is 19.3. The molecule has 222 valence electrons. The third-order valence-corrected chi connectivity index (χ3v) is 8.98. The highest BCUT2D eigenvalue weighted by Gasteiger charge is 2.52. The molecule has 15 heteroatoms. The van der Waals surface area contributed by atoms with Gasteiger partial charge in [0.25, 0.3) is 5.56 Å². The SMILES string of the molecule is CC(C)OC(=O)C(C)NP(=S)(OC[C@H]1O[C@@H](Cn2ccc(=O)[nH]c2=O)[C@](C)(O)[C@@H]1O)Oc1cccc2ncccc12. The van der Waals surface area contributed by atoms with Crippen LogP contribution in [-0.2, 0) is 37.1 Å². The fourth-order valence-electron chi connectivity index (χ4n) is 4.28. The lowest BCUT2D eigenvalue weighted by Crippen LogP contribution is -2.48. The molecule has 13 nitrogen and oxygen atoms in total. The lowest BCUT2D eigenvalue weighted by atomic mass is 9.93. The van der Waals surface area contributed by atoms with Crippen molar-refractivity contribution < 1.29 is 33.5 Å². The summed E-state index contributed by atoms with van der Waals surface area (Å²) >= 11 is 5.80. The molecular weight excluding hydrogens is 575 g/mol. The molecule has 0 amide bonds. The number of aromatic amines is 1. The number of rotatable bonds is 11. The number of aliphatic hydroxyl groups is 2. The number of fused-ring (bicyclic) bond motifs is 1. The number of hydrogen-bond donors (Lipinski definition) is 4. The average Bonchev–Trinajstić information content (AvgIpc) is 3.12. The van der Waals surface area contributed by atoms with Crippen LogP contribution in [0.15, 0.2) is 58.4 Å². The number of hydrogen-bond acceptors (Lipinski definition) is 11. The van der Waals surface area contributed by atoms with Crippen LogP contribution in [0.4, 0.5) is 0 Å². The van der Waals surface area contributed by atoms with E-state index in [1.54, 1.807) is 57.3 Å². The second-order valence-electron chi connectivity index (χ2n) is 10.1. The normalized spacial score (nSPS) is 24.7. The first-order valence-corrected chi connectivity index (χ1v) is 15.5. The number of nitrogens with one attached hydrogen (secondary N) is 2. The predicted molar refractivity (Wildman–Crippen MR) is 153 cm³/mol. The summed E-state index contributed by atoms with van der Waals surface area (Å²) in [6.07, 6.45) is -0.987. The molecule has 3 heterocycles. The van der Waals surface area contributed by atoms with E-state index in [2.05, 4.69) is 15.1 Å². The van der Waals surface area contributed by atoms with E-state index in [4.69, 9.17) is 30.3 Å². The quantitative estimate of drug-likeness (QED) is 0.181. The first kappa shape index (κ1) is 31.0. The maximum Gasteiger partial charge on any atom is 0.328 e. The zero-order chi connectivity index (χ0) is 29.9. The number of carbonyl (C=O) groups excluding carboxylic acids is 1. The van der Waals surface area contributed by atoms with Gasteiger partial charge in [-0.15, -0.1) is 0 Å². The number of esters is 1. The lowest BCUT2D eigenvalue weighted by molar-refractivity contribution is -0.149. The number of ether oxygens (including phenoxy) is 2. The fraction of sp³-hybridized carbons (Fsp3) is 0.462. The Bertz CT molecular complexity index is 1550. The minimum absolute atomic E-state index is 0.153. The van der Waals surface area contributed by atoms with E-state index >= 15 is 0 Å². The molecule has 3 aromatic rings. The molecule has 1 aliphatic rings. The Morgan fingerprint density at radius 2 is 2.02 bits per heavy atom. The standard InChI is InChI=1S/C26H33N4O9PS/c1-15(2)37-24(33)16(3)29-40(41,39-19-9-5-8-18-17(19)7-6-11-27-18)36-14-20-23(32)26(4,35)21(38-20)13-30-12-10-22(31)28-25(30)34/h5-12,15-16,20-21,23,32,35H,13-14H2,1-4H3,(H,29,41)(H,28,31,34)/t16?,20-,21+,23-,26+,40?/m1/s1. The molecule has 0 bridgehead atoms. The Morgan fingerprint density at radius 1 is 1.27 bits per heavy atom. The number of H-pyrrole nitrogens is 1. The molecule has 6 atom stereocenters. The molecule has 41 heavy (non-hydrogen) atoms. The smallest absolute Gasteiger partial charge is 0.328 e. The van der Waals surface area contributed by atoms with Gasteiger partial charge >= 0.3 is 18.3 Å². The van der Waals surface area contributed by atoms with Crippen LogP contribution in [0, 0.1) is 0 Å². The molecule has 0 spiro atoms. The van der Waals surface area contributed by atoms with Gasteiger partial charge in [-0.05, 0) is 63.8 Å². The van der Waals surface area contributed by atoms with Gasteiger partial charge in [-0.1, -0.05) is 6.07 Å². The van der Waals surface area contributed by atoms with Crippen molar-refractivity contribution >= 4 is 35.3 Å². The summed E-state index contributed by atoms with van der Waals surface area (Å²) in [6.45, 7) is 2.37. The van der Waals surface area contributed by atoms with Crippen molar-refractivity contribution in [3.63, 3.8) is 0 Å². The molecular formula is C26H33N4O9PS. The highest BCUT2D eigenvalue weighted by Crippen LogP contribution is 2.48. The van der Waals surface area contributed by atoms with Crippen LogP contribution in [-0.4, -0.2) is 73.4 Å². The molecule has 0 aliphatic carbocycles. The van der Waals surface area contributed by atoms with Gasteiger partial charge in [0.15, 0.2) is 0 Å². The van der Waals surface area contributed by atoms with Gasteiger partial charge < -0.3 is 28.7 Å². The monoisotopic (exact) mass is 608 g/mol. The third-order valence-electron chi connectivity index (χ3n) is 6.49. The number of carbonyl (C=O) groups is 1. The van der Waals surface area contributed by atoms with Crippen LogP contribution < -0.4 is 20.9 Å². The maximum absolute atomic E-state index is 12.6. The van der Waals surface area contributed by atoms with E-state index in [1.807, 2.05) is 0 Å². The number of pyridine rings is 1. The summed E-state index contributed by atoms with van der Waals surface area (Å²) in [4.78, 5) is 42.6. The summed E-state index contributed by atoms with van der Waals surface area (Å²) in [7, 11) is 0. The highest BCUT2D eigenvalue weighted by molar-refractivity contribution is 8.09. The Kier molecular flexibility index (Phi) is 9.44. The highest BCUT2D eigenvalue weighted by atomic mass is 32.5. The molecule has 1 aromatic carbocycles. The predicted octanol–water partition coefficient (Wildman–Crippen LogP) is 1.21. The van der Waals surface area contributed by atoms with Crippen molar-refractivity contribution in [2.75, 3.05) is 6.61 Å². The average molecular weight is 609 g/mol. The van der Waals surface area contributed by atoms with E-state index < -0.39 is 53.8 Å². The van der Waals surface area contributed by atoms with Crippen molar-refractivity contribution in [1.82, 2.24) is 19.6 Å². The van der Waals surface area contributed by atoms with E-state index in [0.717, 1.165) is 10.6 Å². The molecule has 4 rings (SSSR count). The van der Waals surface area contributed by atoms with Crippen molar-refractivity contribution in [2.45, 2.75) is 70.3 Å². The fourth-order valence-corrected chi connectivity index (χ4v) is 6.70. The van der Waals surface area contributed by atoms with Crippen molar-refractivity contribution in [3.8, 4) is 5.75 Å². The topological polar surface area (TPSA) is 174 Å². The summed E-state index contributed by atoms with van der Waals surface area (Å²) in [5, 5.41) is 25.6. The Balaban J connectivity index is 1.55. The Hall–Kier alpha value is -2.97. The number of aromatic nitrogens is 3. The Morgan fingerprint density at radius 3 is 2.73 bits per heavy atom. The molecule has 1 saturated heterocycles. The largest absolute Gasteiger partial charge is 0.462 e. The third kappa shape index (κ3) is 7.28. The summed E-state index contributed by atoms with van der Waals surface area (Å²) < 4.78 is 24.6. The maximum atomic E-state index is 12.6. The van der Waals surface area contributed by atoms with Gasteiger partial charge in [-0.2, -0.15) is 0 Å². The molecule has 1 aliphatic heterocycles. The molecule has 1 fully saturated rings. The zero-order valence-electron chi connectivity index (χ0n) is 22.9. The first-order valence-electron chi connectivity index (χ1n) is 12.9. The van der Waals surface area contributed by atoms with Gasteiger partial charge in [0, 0.05) is 23.8 Å². The van der Waals surface area contributed by atoms with Gasteiger partial charge in [-0.3, -0.25) is 24.1 Å². The summed E-state index contributed by atoms with van der Waals surface area (Å²) in [5.41, 5.74) is -2.38. The van der Waals surface area contributed by atoms with E-state index in [1.165, 1.54) is 13.1 Å². The van der Waals surface area contributed by atoms with E-state index in [-0.39, 0.29) is 19.3 Å². The molecule has 0 radical (unpaired) electrons. The van der Waals surface area contributed by atoms with Crippen LogP contribution >= 0.6 is 6.64 Å². The van der Waals surface area contributed by atoms with Crippen molar-refractivity contribution in [2.24, 2.45) is 0 Å². The van der Waals surface area contributed by atoms with Crippen LogP contribution in [0.25, 0.3) is 10.9 Å². The minimum Gasteiger partial charge on any atom is -0.462 e. The molecule has 2 aromatic heterocycles.